The molecule has 1 fully saturated rings. The van der Waals surface area contributed by atoms with E-state index in [4.69, 9.17) is 4.42 Å². The van der Waals surface area contributed by atoms with Crippen molar-refractivity contribution in [3.63, 3.8) is 0 Å². The monoisotopic (exact) mass is 238 g/mol. The molecule has 0 aromatic carbocycles. The summed E-state index contributed by atoms with van der Waals surface area (Å²) in [5, 5.41) is 14.4. The van der Waals surface area contributed by atoms with Crippen LogP contribution in [0.25, 0.3) is 0 Å². The number of hydrogen-bond donors (Lipinski definition) is 2. The molecule has 1 aliphatic carbocycles. The van der Waals surface area contributed by atoms with Crippen LogP contribution in [0.4, 0.5) is 6.01 Å². The van der Waals surface area contributed by atoms with Gasteiger partial charge < -0.3 is 15.1 Å². The first-order valence-corrected chi connectivity index (χ1v) is 6.53. The Balaban J connectivity index is 1.66. The van der Waals surface area contributed by atoms with Crippen LogP contribution < -0.4 is 10.6 Å². The van der Waals surface area contributed by atoms with E-state index < -0.39 is 0 Å². The number of hydrogen-bond acceptors (Lipinski definition) is 5. The van der Waals surface area contributed by atoms with Gasteiger partial charge in [0, 0.05) is 12.6 Å². The van der Waals surface area contributed by atoms with Gasteiger partial charge >= 0.3 is 6.01 Å². The third-order valence-corrected chi connectivity index (χ3v) is 3.18. The van der Waals surface area contributed by atoms with Crippen molar-refractivity contribution in [1.29, 1.82) is 0 Å². The van der Waals surface area contributed by atoms with E-state index in [1.807, 2.05) is 0 Å². The van der Waals surface area contributed by atoms with Crippen LogP contribution in [0.1, 0.15) is 45.4 Å². The van der Waals surface area contributed by atoms with Crippen LogP contribution in [0.5, 0.6) is 0 Å². The number of nitrogens with one attached hydrogen (secondary N) is 2. The first-order valence-electron chi connectivity index (χ1n) is 6.53. The topological polar surface area (TPSA) is 63.0 Å². The molecule has 0 amide bonds. The van der Waals surface area contributed by atoms with E-state index in [2.05, 4.69) is 34.7 Å². The third-order valence-electron chi connectivity index (χ3n) is 3.18. The van der Waals surface area contributed by atoms with Crippen molar-refractivity contribution in [2.75, 3.05) is 11.9 Å². The molecule has 2 rings (SSSR count). The molecule has 2 N–H and O–H groups in total. The Kier molecular flexibility index (Phi) is 4.36. The summed E-state index contributed by atoms with van der Waals surface area (Å²) in [6, 6.07) is 0.974. The molecule has 0 spiro atoms. The zero-order valence-corrected chi connectivity index (χ0v) is 10.7. The lowest BCUT2D eigenvalue weighted by Gasteiger charge is -2.24. The SMILES string of the molecule is CC(C)NCc1nnc(NCCC2CCC2)o1. The summed E-state index contributed by atoms with van der Waals surface area (Å²) >= 11 is 0. The van der Waals surface area contributed by atoms with E-state index in [-0.39, 0.29) is 0 Å². The molecule has 1 heterocycles. The van der Waals surface area contributed by atoms with Gasteiger partial charge in [0.1, 0.15) is 0 Å². The summed E-state index contributed by atoms with van der Waals surface area (Å²) in [5.41, 5.74) is 0. The van der Waals surface area contributed by atoms with Gasteiger partial charge in [0.2, 0.25) is 5.89 Å². The summed E-state index contributed by atoms with van der Waals surface area (Å²) in [4.78, 5) is 0. The highest BCUT2D eigenvalue weighted by Crippen LogP contribution is 2.29. The van der Waals surface area contributed by atoms with Crippen LogP contribution >= 0.6 is 0 Å². The number of nitrogens with zero attached hydrogens (tertiary/aromatic N) is 2. The largest absolute Gasteiger partial charge is 0.407 e. The van der Waals surface area contributed by atoms with Gasteiger partial charge in [0.15, 0.2) is 0 Å². The fraction of sp³-hybridized carbons (Fsp3) is 0.833. The molecule has 0 radical (unpaired) electrons. The summed E-state index contributed by atoms with van der Waals surface area (Å²) in [7, 11) is 0. The second kappa shape index (κ2) is 6.00. The molecule has 1 aromatic heterocycles. The highest BCUT2D eigenvalue weighted by atomic mass is 16.4. The predicted molar refractivity (Wildman–Crippen MR) is 66.7 cm³/mol. The molecule has 5 heteroatoms. The molecule has 0 bridgehead atoms. The van der Waals surface area contributed by atoms with Crippen LogP contribution in [-0.2, 0) is 6.54 Å². The molecule has 0 saturated heterocycles. The summed E-state index contributed by atoms with van der Waals surface area (Å²) in [5.74, 6) is 1.55. The number of rotatable bonds is 7. The second-order valence-electron chi connectivity index (χ2n) is 5.05. The normalized spacial score (nSPS) is 16.2. The first-order chi connectivity index (χ1) is 8.24. The Morgan fingerprint density at radius 2 is 2.18 bits per heavy atom. The average molecular weight is 238 g/mol. The predicted octanol–water partition coefficient (Wildman–Crippen LogP) is 2.17. The average Bonchev–Trinajstić information content (AvgIpc) is 2.67. The van der Waals surface area contributed by atoms with Crippen molar-refractivity contribution in [2.45, 2.75) is 52.1 Å². The minimum atomic E-state index is 0.428. The molecular weight excluding hydrogens is 216 g/mol. The summed E-state index contributed by atoms with van der Waals surface area (Å²) in [6.07, 6.45) is 5.38. The Labute approximate surface area is 102 Å². The smallest absolute Gasteiger partial charge is 0.315 e. The Bertz CT molecular complexity index is 333. The zero-order chi connectivity index (χ0) is 12.1. The van der Waals surface area contributed by atoms with Crippen LogP contribution in [0.15, 0.2) is 4.42 Å². The van der Waals surface area contributed by atoms with Crippen molar-refractivity contribution < 1.29 is 4.42 Å². The van der Waals surface area contributed by atoms with Gasteiger partial charge in [0.05, 0.1) is 6.54 Å². The van der Waals surface area contributed by atoms with Crippen molar-refractivity contribution in [1.82, 2.24) is 15.5 Å². The minimum absolute atomic E-state index is 0.428. The highest BCUT2D eigenvalue weighted by Gasteiger charge is 2.16. The maximum Gasteiger partial charge on any atom is 0.315 e. The van der Waals surface area contributed by atoms with Crippen LogP contribution in [-0.4, -0.2) is 22.8 Å². The first kappa shape index (κ1) is 12.4. The number of aromatic nitrogens is 2. The van der Waals surface area contributed by atoms with E-state index in [9.17, 15) is 0 Å². The van der Waals surface area contributed by atoms with Gasteiger partial charge in [-0.15, -0.1) is 5.10 Å². The standard InChI is InChI=1S/C12H22N4O/c1-9(2)14-8-11-15-16-12(17-11)13-7-6-10-4-3-5-10/h9-10,14H,3-8H2,1-2H3,(H,13,16). The second-order valence-corrected chi connectivity index (χ2v) is 5.05. The lowest BCUT2D eigenvalue weighted by atomic mass is 9.83. The van der Waals surface area contributed by atoms with Crippen LogP contribution in [0.3, 0.4) is 0 Å². The summed E-state index contributed by atoms with van der Waals surface area (Å²) < 4.78 is 5.47. The van der Waals surface area contributed by atoms with Crippen molar-refractivity contribution in [2.24, 2.45) is 5.92 Å². The Hall–Kier alpha value is -1.10. The molecule has 0 atom stereocenters. The van der Waals surface area contributed by atoms with Gasteiger partial charge in [0.25, 0.3) is 0 Å². The fourth-order valence-corrected chi connectivity index (χ4v) is 1.85. The lowest BCUT2D eigenvalue weighted by Crippen LogP contribution is -2.21. The Morgan fingerprint density at radius 1 is 1.35 bits per heavy atom. The molecule has 1 saturated carbocycles. The third kappa shape index (κ3) is 4.00. The quantitative estimate of drug-likeness (QED) is 0.762. The van der Waals surface area contributed by atoms with Gasteiger partial charge in [-0.3, -0.25) is 0 Å². The molecule has 0 unspecified atom stereocenters. The van der Waals surface area contributed by atoms with E-state index in [1.165, 1.54) is 25.7 Å². The molecule has 5 nitrogen and oxygen atoms in total. The highest BCUT2D eigenvalue weighted by molar-refractivity contribution is 5.16. The van der Waals surface area contributed by atoms with Crippen LogP contribution in [0, 0.1) is 5.92 Å². The Morgan fingerprint density at radius 3 is 2.82 bits per heavy atom. The lowest BCUT2D eigenvalue weighted by molar-refractivity contribution is 0.302. The van der Waals surface area contributed by atoms with Crippen molar-refractivity contribution >= 4 is 6.01 Å². The van der Waals surface area contributed by atoms with Gasteiger partial charge in [-0.05, 0) is 12.3 Å². The maximum absolute atomic E-state index is 5.47. The van der Waals surface area contributed by atoms with Gasteiger partial charge in [-0.1, -0.05) is 38.2 Å². The van der Waals surface area contributed by atoms with Gasteiger partial charge in [-0.2, -0.15) is 0 Å². The maximum atomic E-state index is 5.47. The van der Waals surface area contributed by atoms with E-state index in [1.54, 1.807) is 0 Å². The molecule has 17 heavy (non-hydrogen) atoms. The number of anilines is 1. The molecular formula is C12H22N4O. The zero-order valence-electron chi connectivity index (χ0n) is 10.7. The van der Waals surface area contributed by atoms with Crippen LogP contribution in [0.2, 0.25) is 0 Å². The van der Waals surface area contributed by atoms with Crippen molar-refractivity contribution in [3.05, 3.63) is 5.89 Å². The molecule has 0 aliphatic heterocycles. The van der Waals surface area contributed by atoms with E-state index in [0.29, 0.717) is 24.5 Å². The van der Waals surface area contributed by atoms with Crippen molar-refractivity contribution in [3.8, 4) is 0 Å². The van der Waals surface area contributed by atoms with E-state index >= 15 is 0 Å². The molecule has 1 aliphatic rings. The molecule has 1 aromatic rings. The van der Waals surface area contributed by atoms with Gasteiger partial charge in [-0.25, -0.2) is 0 Å². The van der Waals surface area contributed by atoms with E-state index in [0.717, 1.165) is 12.5 Å². The minimum Gasteiger partial charge on any atom is -0.407 e. The molecule has 96 valence electrons. The summed E-state index contributed by atoms with van der Waals surface area (Å²) in [6.45, 7) is 5.75. The fourth-order valence-electron chi connectivity index (χ4n) is 1.85.